The monoisotopic (exact) mass is 338 g/mol. The zero-order chi connectivity index (χ0) is 14.5. The minimum Gasteiger partial charge on any atom is -0.316 e. The summed E-state index contributed by atoms with van der Waals surface area (Å²) in [5, 5.41) is 3.53. The maximum Gasteiger partial charge on any atom is 0.0333 e. The molecular formula is C17H27BrN2. The van der Waals surface area contributed by atoms with E-state index in [1.54, 1.807) is 0 Å². The van der Waals surface area contributed by atoms with Gasteiger partial charge < -0.3 is 5.32 Å². The van der Waals surface area contributed by atoms with Crippen molar-refractivity contribution in [2.45, 2.75) is 45.7 Å². The molecule has 1 N–H and O–H groups in total. The Bertz CT molecular complexity index is 413. The Hall–Kier alpha value is -0.380. The highest BCUT2D eigenvalue weighted by Gasteiger charge is 2.24. The van der Waals surface area contributed by atoms with Gasteiger partial charge in [0.25, 0.3) is 0 Å². The van der Waals surface area contributed by atoms with Crippen molar-refractivity contribution in [3.63, 3.8) is 0 Å². The SMILES string of the molecule is CC(C)N(CC1CCCNC1)C(C)c1ccccc1Br. The average Bonchev–Trinajstić information content (AvgIpc) is 2.45. The summed E-state index contributed by atoms with van der Waals surface area (Å²) in [6.07, 6.45) is 2.68. The highest BCUT2D eigenvalue weighted by atomic mass is 79.9. The molecule has 0 aliphatic carbocycles. The molecule has 0 spiro atoms. The van der Waals surface area contributed by atoms with Crippen LogP contribution in [0.3, 0.4) is 0 Å². The van der Waals surface area contributed by atoms with Gasteiger partial charge in [0.1, 0.15) is 0 Å². The lowest BCUT2D eigenvalue weighted by Gasteiger charge is -2.37. The van der Waals surface area contributed by atoms with Crippen LogP contribution in [0.25, 0.3) is 0 Å². The van der Waals surface area contributed by atoms with E-state index in [1.165, 1.54) is 42.5 Å². The van der Waals surface area contributed by atoms with Crippen LogP contribution >= 0.6 is 15.9 Å². The molecule has 2 rings (SSSR count). The topological polar surface area (TPSA) is 15.3 Å². The van der Waals surface area contributed by atoms with Crippen molar-refractivity contribution in [3.05, 3.63) is 34.3 Å². The fraction of sp³-hybridized carbons (Fsp3) is 0.647. The van der Waals surface area contributed by atoms with Crippen molar-refractivity contribution in [2.24, 2.45) is 5.92 Å². The van der Waals surface area contributed by atoms with Crippen molar-refractivity contribution >= 4 is 15.9 Å². The highest BCUT2D eigenvalue weighted by Crippen LogP contribution is 2.30. The van der Waals surface area contributed by atoms with Crippen molar-refractivity contribution in [1.29, 1.82) is 0 Å². The molecule has 20 heavy (non-hydrogen) atoms. The van der Waals surface area contributed by atoms with Crippen LogP contribution in [-0.4, -0.2) is 30.6 Å². The van der Waals surface area contributed by atoms with Crippen LogP contribution < -0.4 is 5.32 Å². The third kappa shape index (κ3) is 4.06. The van der Waals surface area contributed by atoms with Gasteiger partial charge in [-0.05, 0) is 64.3 Å². The molecule has 112 valence electrons. The lowest BCUT2D eigenvalue weighted by Crippen LogP contribution is -2.42. The number of nitrogens with zero attached hydrogens (tertiary/aromatic N) is 1. The van der Waals surface area contributed by atoms with E-state index in [2.05, 4.69) is 71.2 Å². The largest absolute Gasteiger partial charge is 0.316 e. The molecule has 1 aromatic carbocycles. The molecular weight excluding hydrogens is 312 g/mol. The first-order valence-corrected chi connectivity index (χ1v) is 8.59. The van der Waals surface area contributed by atoms with Gasteiger partial charge in [0.15, 0.2) is 0 Å². The van der Waals surface area contributed by atoms with Crippen LogP contribution in [0.5, 0.6) is 0 Å². The van der Waals surface area contributed by atoms with E-state index in [0.717, 1.165) is 5.92 Å². The van der Waals surface area contributed by atoms with Gasteiger partial charge in [0, 0.05) is 23.1 Å². The lowest BCUT2D eigenvalue weighted by molar-refractivity contribution is 0.126. The molecule has 1 aliphatic heterocycles. The minimum atomic E-state index is 0.451. The summed E-state index contributed by atoms with van der Waals surface area (Å²) < 4.78 is 1.22. The number of hydrogen-bond donors (Lipinski definition) is 1. The Balaban J connectivity index is 2.09. The Morgan fingerprint density at radius 3 is 2.65 bits per heavy atom. The summed E-state index contributed by atoms with van der Waals surface area (Å²) in [4.78, 5) is 2.64. The summed E-state index contributed by atoms with van der Waals surface area (Å²) >= 11 is 3.70. The molecule has 2 nitrogen and oxygen atoms in total. The van der Waals surface area contributed by atoms with Crippen molar-refractivity contribution in [2.75, 3.05) is 19.6 Å². The molecule has 1 aromatic rings. The number of benzene rings is 1. The fourth-order valence-electron chi connectivity index (χ4n) is 3.19. The number of rotatable bonds is 5. The normalized spacial score (nSPS) is 21.4. The van der Waals surface area contributed by atoms with Crippen LogP contribution in [0.2, 0.25) is 0 Å². The lowest BCUT2D eigenvalue weighted by atomic mass is 9.96. The first-order chi connectivity index (χ1) is 9.59. The maximum absolute atomic E-state index is 3.70. The summed E-state index contributed by atoms with van der Waals surface area (Å²) in [6, 6.07) is 9.63. The number of halogens is 1. The summed E-state index contributed by atoms with van der Waals surface area (Å²) in [6.45, 7) is 10.5. The molecule has 1 fully saturated rings. The Kier molecular flexibility index (Phi) is 6.06. The molecule has 2 unspecified atom stereocenters. The summed E-state index contributed by atoms with van der Waals surface area (Å²) in [7, 11) is 0. The smallest absolute Gasteiger partial charge is 0.0333 e. The van der Waals surface area contributed by atoms with Crippen molar-refractivity contribution in [1.82, 2.24) is 10.2 Å². The molecule has 0 radical (unpaired) electrons. The fourth-order valence-corrected chi connectivity index (χ4v) is 3.80. The van der Waals surface area contributed by atoms with Gasteiger partial charge in [0.05, 0.1) is 0 Å². The van der Waals surface area contributed by atoms with E-state index >= 15 is 0 Å². The molecule has 0 amide bonds. The minimum absolute atomic E-state index is 0.451. The van der Waals surface area contributed by atoms with Crippen LogP contribution in [0, 0.1) is 5.92 Å². The average molecular weight is 339 g/mol. The zero-order valence-electron chi connectivity index (χ0n) is 12.9. The van der Waals surface area contributed by atoms with E-state index in [9.17, 15) is 0 Å². The highest BCUT2D eigenvalue weighted by molar-refractivity contribution is 9.10. The second-order valence-electron chi connectivity index (χ2n) is 6.20. The molecule has 0 saturated carbocycles. The predicted octanol–water partition coefficient (Wildman–Crippen LogP) is 4.22. The molecule has 0 bridgehead atoms. The van der Waals surface area contributed by atoms with E-state index in [4.69, 9.17) is 0 Å². The Labute approximate surface area is 132 Å². The summed E-state index contributed by atoms with van der Waals surface area (Å²) in [5.41, 5.74) is 1.39. The second kappa shape index (κ2) is 7.58. The van der Waals surface area contributed by atoms with Crippen LogP contribution in [0.4, 0.5) is 0 Å². The predicted molar refractivity (Wildman–Crippen MR) is 90.0 cm³/mol. The zero-order valence-corrected chi connectivity index (χ0v) is 14.5. The molecule has 3 heteroatoms. The summed E-state index contributed by atoms with van der Waals surface area (Å²) in [5.74, 6) is 0.788. The second-order valence-corrected chi connectivity index (χ2v) is 7.05. The maximum atomic E-state index is 3.70. The third-order valence-corrected chi connectivity index (χ3v) is 5.11. The van der Waals surface area contributed by atoms with E-state index in [0.29, 0.717) is 12.1 Å². The van der Waals surface area contributed by atoms with Gasteiger partial charge in [-0.1, -0.05) is 34.1 Å². The molecule has 1 aliphatic rings. The van der Waals surface area contributed by atoms with Gasteiger partial charge in [0.2, 0.25) is 0 Å². The van der Waals surface area contributed by atoms with E-state index in [-0.39, 0.29) is 0 Å². The van der Waals surface area contributed by atoms with Crippen molar-refractivity contribution < 1.29 is 0 Å². The molecule has 2 atom stereocenters. The van der Waals surface area contributed by atoms with E-state index in [1.807, 2.05) is 0 Å². The third-order valence-electron chi connectivity index (χ3n) is 4.38. The molecule has 1 heterocycles. The van der Waals surface area contributed by atoms with Crippen LogP contribution in [0.15, 0.2) is 28.7 Å². The van der Waals surface area contributed by atoms with Crippen LogP contribution in [-0.2, 0) is 0 Å². The van der Waals surface area contributed by atoms with Crippen molar-refractivity contribution in [3.8, 4) is 0 Å². The molecule has 1 saturated heterocycles. The molecule has 0 aromatic heterocycles. The van der Waals surface area contributed by atoms with Crippen LogP contribution in [0.1, 0.15) is 45.2 Å². The first-order valence-electron chi connectivity index (χ1n) is 7.80. The van der Waals surface area contributed by atoms with Gasteiger partial charge in [-0.2, -0.15) is 0 Å². The van der Waals surface area contributed by atoms with Gasteiger partial charge >= 0.3 is 0 Å². The van der Waals surface area contributed by atoms with Gasteiger partial charge in [-0.3, -0.25) is 4.90 Å². The number of piperidine rings is 1. The quantitative estimate of drug-likeness (QED) is 0.864. The van der Waals surface area contributed by atoms with Gasteiger partial charge in [-0.15, -0.1) is 0 Å². The number of nitrogens with one attached hydrogen (secondary N) is 1. The first kappa shape index (κ1) is 16.0. The van der Waals surface area contributed by atoms with Gasteiger partial charge in [-0.25, -0.2) is 0 Å². The Morgan fingerprint density at radius 1 is 1.30 bits per heavy atom. The van der Waals surface area contributed by atoms with E-state index < -0.39 is 0 Å². The Morgan fingerprint density at radius 2 is 2.05 bits per heavy atom. The standard InChI is InChI=1S/C17H27BrN2/c1-13(2)20(12-15-7-6-10-19-11-15)14(3)16-8-4-5-9-17(16)18/h4-5,8-9,13-15,19H,6-7,10-12H2,1-3H3. The number of hydrogen-bond acceptors (Lipinski definition) is 2.